The Balaban J connectivity index is 1.64. The summed E-state index contributed by atoms with van der Waals surface area (Å²) in [7, 11) is -2.29. The number of primary sulfonamides is 1. The Hall–Kier alpha value is -2.95. The van der Waals surface area contributed by atoms with Crippen molar-refractivity contribution < 1.29 is 22.4 Å². The quantitative estimate of drug-likeness (QED) is 0.540. The number of hydrogen-bond acceptors (Lipinski definition) is 7. The number of rotatable bonds is 4. The summed E-state index contributed by atoms with van der Waals surface area (Å²) in [6.45, 7) is 0. The Labute approximate surface area is 157 Å². The number of hydrogen-bond donors (Lipinski definition) is 2. The van der Waals surface area contributed by atoms with Crippen LogP contribution < -0.4 is 15.2 Å². The Morgan fingerprint density at radius 3 is 2.81 bits per heavy atom. The fourth-order valence-electron chi connectivity index (χ4n) is 2.60. The summed E-state index contributed by atoms with van der Waals surface area (Å²) in [5.41, 5.74) is 1.03. The topological polar surface area (TPSA) is 125 Å². The Kier molecular flexibility index (Phi) is 4.10. The van der Waals surface area contributed by atoms with Crippen molar-refractivity contribution in [3.05, 3.63) is 48.2 Å². The molecule has 0 unspecified atom stereocenters. The van der Waals surface area contributed by atoms with Gasteiger partial charge in [-0.05, 0) is 30.3 Å². The van der Waals surface area contributed by atoms with Gasteiger partial charge in [0.1, 0.15) is 0 Å². The average molecular weight is 403 g/mol. The van der Waals surface area contributed by atoms with E-state index in [1.807, 2.05) is 6.07 Å². The van der Waals surface area contributed by atoms with Gasteiger partial charge in [-0.2, -0.15) is 0 Å². The van der Waals surface area contributed by atoms with Crippen LogP contribution in [0.3, 0.4) is 0 Å². The largest absolute Gasteiger partial charge is 0.493 e. The van der Waals surface area contributed by atoms with Crippen molar-refractivity contribution in [1.29, 1.82) is 0 Å². The number of aromatic nitrogens is 1. The van der Waals surface area contributed by atoms with Crippen molar-refractivity contribution in [2.75, 3.05) is 12.4 Å². The molecular formula is C17H13N3O5S2. The van der Waals surface area contributed by atoms with Crippen LogP contribution in [0.2, 0.25) is 0 Å². The number of anilines is 1. The van der Waals surface area contributed by atoms with Gasteiger partial charge in [0.25, 0.3) is 5.91 Å². The van der Waals surface area contributed by atoms with Gasteiger partial charge in [0.05, 0.1) is 22.2 Å². The van der Waals surface area contributed by atoms with Crippen molar-refractivity contribution >= 4 is 53.6 Å². The second kappa shape index (κ2) is 6.34. The normalized spacial score (nSPS) is 11.8. The van der Waals surface area contributed by atoms with E-state index in [1.165, 1.54) is 25.3 Å². The van der Waals surface area contributed by atoms with Crippen molar-refractivity contribution in [1.82, 2.24) is 4.98 Å². The number of thiazole rings is 1. The molecule has 8 nitrogen and oxygen atoms in total. The SMILES string of the molecule is COc1cccc2cc(C(=O)Nc3nc4ccc(S(N)(=O)=O)cc4s3)oc12. The summed E-state index contributed by atoms with van der Waals surface area (Å²) in [4.78, 5) is 16.8. The first-order valence-electron chi connectivity index (χ1n) is 7.66. The number of methoxy groups -OCH3 is 1. The van der Waals surface area contributed by atoms with E-state index >= 15 is 0 Å². The molecule has 2 aromatic carbocycles. The summed E-state index contributed by atoms with van der Waals surface area (Å²) in [6, 6.07) is 11.3. The predicted molar refractivity (Wildman–Crippen MR) is 102 cm³/mol. The molecule has 0 aliphatic carbocycles. The number of sulfonamides is 1. The zero-order chi connectivity index (χ0) is 19.2. The highest BCUT2D eigenvalue weighted by Crippen LogP contribution is 2.30. The Bertz CT molecular complexity index is 1290. The van der Waals surface area contributed by atoms with Gasteiger partial charge in [-0.1, -0.05) is 23.5 Å². The second-order valence-electron chi connectivity index (χ2n) is 5.64. The number of carbonyl (C=O) groups is 1. The third-order valence-corrected chi connectivity index (χ3v) is 5.71. The third-order valence-electron chi connectivity index (χ3n) is 3.86. The smallest absolute Gasteiger partial charge is 0.293 e. The minimum atomic E-state index is -3.81. The number of fused-ring (bicyclic) bond motifs is 2. The first-order valence-corrected chi connectivity index (χ1v) is 10.0. The van der Waals surface area contributed by atoms with Crippen LogP contribution in [0.15, 0.2) is 51.8 Å². The lowest BCUT2D eigenvalue weighted by Gasteiger charge is -1.99. The molecule has 0 atom stereocenters. The molecule has 27 heavy (non-hydrogen) atoms. The van der Waals surface area contributed by atoms with Gasteiger partial charge in [0.2, 0.25) is 10.0 Å². The number of nitrogens with zero attached hydrogens (tertiary/aromatic N) is 1. The molecule has 3 N–H and O–H groups in total. The predicted octanol–water partition coefficient (Wildman–Crippen LogP) is 2.95. The molecule has 2 aromatic heterocycles. The lowest BCUT2D eigenvalue weighted by atomic mass is 10.2. The van der Waals surface area contributed by atoms with E-state index < -0.39 is 15.9 Å². The highest BCUT2D eigenvalue weighted by molar-refractivity contribution is 7.89. The number of furan rings is 1. The number of amides is 1. The van der Waals surface area contributed by atoms with Gasteiger partial charge in [0, 0.05) is 5.39 Å². The molecule has 2 heterocycles. The van der Waals surface area contributed by atoms with E-state index in [1.54, 1.807) is 18.2 Å². The lowest BCUT2D eigenvalue weighted by Crippen LogP contribution is -2.11. The maximum absolute atomic E-state index is 12.5. The van der Waals surface area contributed by atoms with Crippen molar-refractivity contribution in [2.24, 2.45) is 5.14 Å². The standard InChI is InChI=1S/C17H13N3O5S2/c1-24-12-4-2-3-9-7-13(25-15(9)12)16(21)20-17-19-11-6-5-10(27(18,22)23)8-14(11)26-17/h2-8H,1H3,(H2,18,22,23)(H,19,20,21). The van der Waals surface area contributed by atoms with Gasteiger partial charge >= 0.3 is 0 Å². The first kappa shape index (κ1) is 17.5. The van der Waals surface area contributed by atoms with Crippen LogP contribution in [0.5, 0.6) is 5.75 Å². The lowest BCUT2D eigenvalue weighted by molar-refractivity contribution is 0.0998. The van der Waals surface area contributed by atoms with Crippen molar-refractivity contribution in [3.63, 3.8) is 0 Å². The maximum atomic E-state index is 12.5. The highest BCUT2D eigenvalue weighted by Gasteiger charge is 2.17. The van der Waals surface area contributed by atoms with E-state index in [0.29, 0.717) is 26.7 Å². The summed E-state index contributed by atoms with van der Waals surface area (Å²) in [5.74, 6) is 0.167. The number of benzene rings is 2. The molecule has 4 rings (SSSR count). The molecule has 138 valence electrons. The maximum Gasteiger partial charge on any atom is 0.293 e. The van der Waals surface area contributed by atoms with E-state index in [2.05, 4.69) is 10.3 Å². The van der Waals surface area contributed by atoms with E-state index in [-0.39, 0.29) is 10.7 Å². The molecule has 4 aromatic rings. The van der Waals surface area contributed by atoms with E-state index in [9.17, 15) is 13.2 Å². The number of nitrogens with two attached hydrogens (primary N) is 1. The number of ether oxygens (including phenoxy) is 1. The van der Waals surface area contributed by atoms with Crippen LogP contribution in [0, 0.1) is 0 Å². The summed E-state index contributed by atoms with van der Waals surface area (Å²) >= 11 is 1.14. The van der Waals surface area contributed by atoms with Gasteiger partial charge < -0.3 is 9.15 Å². The summed E-state index contributed by atoms with van der Waals surface area (Å²) in [6.07, 6.45) is 0. The van der Waals surface area contributed by atoms with Crippen molar-refractivity contribution in [3.8, 4) is 5.75 Å². The zero-order valence-electron chi connectivity index (χ0n) is 13.9. The van der Waals surface area contributed by atoms with Gasteiger partial charge in [-0.3, -0.25) is 10.1 Å². The highest BCUT2D eigenvalue weighted by atomic mass is 32.2. The molecule has 0 radical (unpaired) electrons. The van der Waals surface area contributed by atoms with Crippen LogP contribution in [-0.4, -0.2) is 26.4 Å². The number of para-hydroxylation sites is 1. The minimum absolute atomic E-state index is 0.0131. The van der Waals surface area contributed by atoms with Crippen LogP contribution >= 0.6 is 11.3 Å². The van der Waals surface area contributed by atoms with Crippen LogP contribution in [0.25, 0.3) is 21.2 Å². The molecular weight excluding hydrogens is 390 g/mol. The third kappa shape index (κ3) is 3.25. The number of nitrogens with one attached hydrogen (secondary N) is 1. The fourth-order valence-corrected chi connectivity index (χ4v) is 4.12. The monoisotopic (exact) mass is 403 g/mol. The van der Waals surface area contributed by atoms with Crippen LogP contribution in [0.1, 0.15) is 10.6 Å². The number of carbonyl (C=O) groups excluding carboxylic acids is 1. The molecule has 0 bridgehead atoms. The van der Waals surface area contributed by atoms with Crippen LogP contribution in [0.4, 0.5) is 5.13 Å². The zero-order valence-corrected chi connectivity index (χ0v) is 15.6. The molecule has 0 aliphatic rings. The molecule has 0 aliphatic heterocycles. The van der Waals surface area contributed by atoms with E-state index in [4.69, 9.17) is 14.3 Å². The summed E-state index contributed by atoms with van der Waals surface area (Å²) in [5, 5.41) is 8.84. The van der Waals surface area contributed by atoms with E-state index in [0.717, 1.165) is 16.7 Å². The molecule has 0 fully saturated rings. The molecule has 10 heteroatoms. The van der Waals surface area contributed by atoms with Gasteiger partial charge in [-0.15, -0.1) is 0 Å². The van der Waals surface area contributed by atoms with Crippen molar-refractivity contribution in [2.45, 2.75) is 4.90 Å². The Morgan fingerprint density at radius 2 is 2.07 bits per heavy atom. The minimum Gasteiger partial charge on any atom is -0.493 e. The van der Waals surface area contributed by atoms with Crippen LogP contribution in [-0.2, 0) is 10.0 Å². The average Bonchev–Trinajstić information content (AvgIpc) is 3.23. The second-order valence-corrected chi connectivity index (χ2v) is 8.23. The van der Waals surface area contributed by atoms with Gasteiger partial charge in [0.15, 0.2) is 22.2 Å². The molecule has 0 spiro atoms. The van der Waals surface area contributed by atoms with Gasteiger partial charge in [-0.25, -0.2) is 18.5 Å². The molecule has 0 saturated heterocycles. The molecule has 0 saturated carbocycles. The fraction of sp³-hybridized carbons (Fsp3) is 0.0588. The molecule has 1 amide bonds. The Morgan fingerprint density at radius 1 is 1.26 bits per heavy atom. The summed E-state index contributed by atoms with van der Waals surface area (Å²) < 4.78 is 34.3. The first-order chi connectivity index (χ1) is 12.8.